The van der Waals surface area contributed by atoms with Crippen molar-refractivity contribution in [2.75, 3.05) is 16.8 Å². The molecule has 2 aromatic heterocycles. The first-order valence-corrected chi connectivity index (χ1v) is 9.30. The van der Waals surface area contributed by atoms with E-state index in [1.807, 2.05) is 35.0 Å². The second-order valence-electron chi connectivity index (χ2n) is 5.67. The van der Waals surface area contributed by atoms with Crippen molar-refractivity contribution in [3.8, 4) is 17.1 Å². The van der Waals surface area contributed by atoms with Crippen molar-refractivity contribution in [1.82, 2.24) is 19.7 Å². The number of nitrogens with zero attached hydrogens (tertiary/aromatic N) is 4. The summed E-state index contributed by atoms with van der Waals surface area (Å²) in [5.74, 6) is 0.682. The fraction of sp³-hybridized carbons (Fsp3) is 0.267. The molecule has 1 atom stereocenters. The van der Waals surface area contributed by atoms with Crippen LogP contribution in [0.1, 0.15) is 6.42 Å². The van der Waals surface area contributed by atoms with E-state index in [1.165, 1.54) is 0 Å². The van der Waals surface area contributed by atoms with Crippen LogP contribution < -0.4 is 5.32 Å². The number of hydrogen-bond acceptors (Lipinski definition) is 7. The second-order valence-corrected chi connectivity index (χ2v) is 7.90. The minimum absolute atomic E-state index is 0.102. The molecular formula is C15H15N5O3S. The molecule has 0 spiro atoms. The molecule has 124 valence electrons. The number of nitrogens with one attached hydrogen (secondary N) is 1. The van der Waals surface area contributed by atoms with Crippen LogP contribution in [-0.4, -0.2) is 45.7 Å². The Bertz CT molecular complexity index is 932. The number of imidazole rings is 1. The molecule has 1 saturated heterocycles. The minimum atomic E-state index is -2.95. The molecule has 24 heavy (non-hydrogen) atoms. The number of benzene rings is 1. The summed E-state index contributed by atoms with van der Waals surface area (Å²) in [6.45, 7) is 0. The summed E-state index contributed by atoms with van der Waals surface area (Å²) in [7, 11) is -2.95. The lowest BCUT2D eigenvalue weighted by Crippen LogP contribution is -2.20. The zero-order valence-corrected chi connectivity index (χ0v) is 13.5. The van der Waals surface area contributed by atoms with Gasteiger partial charge in [0, 0.05) is 29.7 Å². The van der Waals surface area contributed by atoms with Crippen LogP contribution >= 0.6 is 0 Å². The third kappa shape index (κ3) is 3.02. The quantitative estimate of drug-likeness (QED) is 0.764. The van der Waals surface area contributed by atoms with Crippen LogP contribution in [0.2, 0.25) is 0 Å². The van der Waals surface area contributed by atoms with Crippen molar-refractivity contribution in [1.29, 1.82) is 0 Å². The lowest BCUT2D eigenvalue weighted by Gasteiger charge is -2.06. The molecule has 3 aromatic rings. The van der Waals surface area contributed by atoms with Gasteiger partial charge in [0.15, 0.2) is 9.84 Å². The summed E-state index contributed by atoms with van der Waals surface area (Å²) >= 11 is 0. The predicted octanol–water partition coefficient (Wildman–Crippen LogP) is 1.52. The zero-order valence-electron chi connectivity index (χ0n) is 12.7. The predicted molar refractivity (Wildman–Crippen MR) is 87.5 cm³/mol. The van der Waals surface area contributed by atoms with E-state index in [-0.39, 0.29) is 23.6 Å². The Morgan fingerprint density at radius 1 is 1.21 bits per heavy atom. The van der Waals surface area contributed by atoms with Gasteiger partial charge < -0.3 is 14.3 Å². The van der Waals surface area contributed by atoms with Crippen molar-refractivity contribution >= 4 is 15.9 Å². The lowest BCUT2D eigenvalue weighted by molar-refractivity contribution is 0.571. The van der Waals surface area contributed by atoms with E-state index in [4.69, 9.17) is 4.42 Å². The molecular weight excluding hydrogens is 330 g/mol. The first-order valence-electron chi connectivity index (χ1n) is 7.48. The van der Waals surface area contributed by atoms with Gasteiger partial charge in [0.05, 0.1) is 17.8 Å². The Morgan fingerprint density at radius 3 is 2.71 bits per heavy atom. The fourth-order valence-electron chi connectivity index (χ4n) is 2.67. The Labute approximate surface area is 138 Å². The molecule has 1 aliphatic heterocycles. The van der Waals surface area contributed by atoms with Crippen LogP contribution in [0.3, 0.4) is 0 Å². The minimum Gasteiger partial charge on any atom is -0.403 e. The zero-order chi connectivity index (χ0) is 16.6. The van der Waals surface area contributed by atoms with Crippen molar-refractivity contribution in [3.63, 3.8) is 0 Å². The molecule has 8 nitrogen and oxygen atoms in total. The Balaban J connectivity index is 1.48. The van der Waals surface area contributed by atoms with E-state index in [9.17, 15) is 8.42 Å². The van der Waals surface area contributed by atoms with E-state index >= 15 is 0 Å². The normalized spacial score (nSPS) is 19.4. The molecule has 0 aliphatic carbocycles. The van der Waals surface area contributed by atoms with Gasteiger partial charge in [-0.3, -0.25) is 0 Å². The largest absolute Gasteiger partial charge is 0.403 e. The second kappa shape index (κ2) is 5.75. The maximum atomic E-state index is 11.5. The SMILES string of the molecule is O=S1(=O)CCC(Nc2nnc(-c3ccc(-n4ccnc4)cc3)o2)C1. The average molecular weight is 345 g/mol. The van der Waals surface area contributed by atoms with E-state index < -0.39 is 9.84 Å². The molecule has 1 aromatic carbocycles. The van der Waals surface area contributed by atoms with Gasteiger partial charge in [-0.1, -0.05) is 5.10 Å². The van der Waals surface area contributed by atoms with E-state index in [2.05, 4.69) is 20.5 Å². The molecule has 4 rings (SSSR count). The van der Waals surface area contributed by atoms with Crippen LogP contribution in [-0.2, 0) is 9.84 Å². The van der Waals surface area contributed by atoms with Crippen molar-refractivity contribution in [2.24, 2.45) is 0 Å². The number of hydrogen-bond donors (Lipinski definition) is 1. The van der Waals surface area contributed by atoms with Crippen molar-refractivity contribution in [3.05, 3.63) is 43.0 Å². The standard InChI is InChI=1S/C15H15N5O3S/c21-24(22)8-5-12(9-24)17-15-19-18-14(23-15)11-1-3-13(4-2-11)20-7-6-16-10-20/h1-4,6-7,10,12H,5,8-9H2,(H,17,19). The van der Waals surface area contributed by atoms with E-state index in [0.717, 1.165) is 11.3 Å². The molecule has 9 heteroatoms. The first kappa shape index (κ1) is 14.9. The van der Waals surface area contributed by atoms with Crippen LogP contribution in [0.5, 0.6) is 0 Å². The molecule has 1 fully saturated rings. The highest BCUT2D eigenvalue weighted by molar-refractivity contribution is 7.91. The van der Waals surface area contributed by atoms with Gasteiger partial charge in [0.2, 0.25) is 5.89 Å². The topological polar surface area (TPSA) is 103 Å². The van der Waals surface area contributed by atoms with Gasteiger partial charge in [-0.05, 0) is 30.7 Å². The average Bonchev–Trinajstić information content (AvgIpc) is 3.29. The van der Waals surface area contributed by atoms with Gasteiger partial charge in [0.1, 0.15) is 0 Å². The third-order valence-corrected chi connectivity index (χ3v) is 5.67. The van der Waals surface area contributed by atoms with Crippen LogP contribution in [0.25, 0.3) is 17.1 Å². The summed E-state index contributed by atoms with van der Waals surface area (Å²) in [6.07, 6.45) is 5.85. The monoisotopic (exact) mass is 345 g/mol. The van der Waals surface area contributed by atoms with Gasteiger partial charge in [-0.2, -0.15) is 0 Å². The van der Waals surface area contributed by atoms with Gasteiger partial charge in [-0.25, -0.2) is 13.4 Å². The number of sulfone groups is 1. The molecule has 1 unspecified atom stereocenters. The molecule has 0 radical (unpaired) electrons. The summed E-state index contributed by atoms with van der Waals surface area (Å²) in [6, 6.07) is 7.69. The van der Waals surface area contributed by atoms with E-state index in [1.54, 1.807) is 12.5 Å². The van der Waals surface area contributed by atoms with Gasteiger partial charge in [-0.15, -0.1) is 5.10 Å². The van der Waals surface area contributed by atoms with Crippen molar-refractivity contribution in [2.45, 2.75) is 12.5 Å². The molecule has 1 N–H and O–H groups in total. The summed E-state index contributed by atoms with van der Waals surface area (Å²) in [5.41, 5.74) is 1.77. The third-order valence-electron chi connectivity index (χ3n) is 3.90. The van der Waals surface area contributed by atoms with E-state index in [0.29, 0.717) is 12.3 Å². The molecule has 3 heterocycles. The molecule has 1 aliphatic rings. The number of aromatic nitrogens is 4. The summed E-state index contributed by atoms with van der Waals surface area (Å²) < 4.78 is 30.4. The highest BCUT2D eigenvalue weighted by Gasteiger charge is 2.28. The Kier molecular flexibility index (Phi) is 3.57. The Hall–Kier alpha value is -2.68. The summed E-state index contributed by atoms with van der Waals surface area (Å²) in [5, 5.41) is 10.9. The molecule has 0 amide bonds. The summed E-state index contributed by atoms with van der Waals surface area (Å²) in [4.78, 5) is 4.01. The molecule has 0 bridgehead atoms. The Morgan fingerprint density at radius 2 is 2.04 bits per heavy atom. The number of rotatable bonds is 4. The van der Waals surface area contributed by atoms with Crippen LogP contribution in [0.4, 0.5) is 6.01 Å². The van der Waals surface area contributed by atoms with Crippen molar-refractivity contribution < 1.29 is 12.8 Å². The van der Waals surface area contributed by atoms with Crippen LogP contribution in [0.15, 0.2) is 47.4 Å². The smallest absolute Gasteiger partial charge is 0.315 e. The lowest BCUT2D eigenvalue weighted by atomic mass is 10.2. The van der Waals surface area contributed by atoms with Gasteiger partial charge in [0.25, 0.3) is 0 Å². The maximum absolute atomic E-state index is 11.5. The van der Waals surface area contributed by atoms with Gasteiger partial charge >= 0.3 is 6.01 Å². The van der Waals surface area contributed by atoms with Crippen LogP contribution in [0, 0.1) is 0 Å². The fourth-order valence-corrected chi connectivity index (χ4v) is 4.34. The molecule has 0 saturated carbocycles. The maximum Gasteiger partial charge on any atom is 0.315 e. The highest BCUT2D eigenvalue weighted by atomic mass is 32.2. The number of anilines is 1. The first-order chi connectivity index (χ1) is 11.6. The highest BCUT2D eigenvalue weighted by Crippen LogP contribution is 2.23.